The first-order chi connectivity index (χ1) is 30.8. The summed E-state index contributed by atoms with van der Waals surface area (Å²) in [7, 11) is 0. The lowest BCUT2D eigenvalue weighted by Crippen LogP contribution is -2.11. The minimum Gasteiger partial charge on any atom is -0.309 e. The number of aromatic nitrogens is 1. The van der Waals surface area contributed by atoms with Gasteiger partial charge in [-0.3, -0.25) is 0 Å². The Labute approximate surface area is 362 Å². The van der Waals surface area contributed by atoms with Gasteiger partial charge in [0.1, 0.15) is 0 Å². The first-order valence-electron chi connectivity index (χ1n) is 21.3. The Balaban J connectivity index is 1.26. The van der Waals surface area contributed by atoms with Crippen molar-refractivity contribution in [2.45, 2.75) is 0 Å². The second-order valence-electron chi connectivity index (χ2n) is 15.6. The molecule has 62 heavy (non-hydrogen) atoms. The van der Waals surface area contributed by atoms with E-state index in [4.69, 9.17) is 0 Å². The third-order valence-electron chi connectivity index (χ3n) is 12.0. The lowest BCUT2D eigenvalue weighted by molar-refractivity contribution is 1.18. The standard InChI is InChI=1S/C60H42N2/c1-5-23-43(24-6-1)47-31-13-15-34-50(47)52-37-21-38-53(51-35-16-14-32-48(51)44-25-7-2-8-26-44)60(52)62-56-40-20-18-36-54(56)59-57(41-22-42-58(59)62)61(46-29-11-4-12-30-46)55-39-19-17-33-49(55)45-27-9-3-10-28-45/h1-42H. The lowest BCUT2D eigenvalue weighted by atomic mass is 9.88. The number of para-hydroxylation sites is 4. The van der Waals surface area contributed by atoms with Crippen molar-refractivity contribution in [2.75, 3.05) is 4.90 Å². The summed E-state index contributed by atoms with van der Waals surface area (Å²) in [6.45, 7) is 0. The molecule has 0 unspecified atom stereocenters. The van der Waals surface area contributed by atoms with Gasteiger partial charge in [-0.2, -0.15) is 0 Å². The molecule has 2 nitrogen and oxygen atoms in total. The fourth-order valence-corrected chi connectivity index (χ4v) is 9.34. The molecular formula is C60H42N2. The fourth-order valence-electron chi connectivity index (χ4n) is 9.34. The van der Waals surface area contributed by atoms with Crippen molar-refractivity contribution in [1.82, 2.24) is 4.57 Å². The highest BCUT2D eigenvalue weighted by molar-refractivity contribution is 6.18. The minimum atomic E-state index is 1.09. The fraction of sp³-hybridized carbons (Fsp3) is 0. The molecule has 0 fully saturated rings. The molecule has 0 bridgehead atoms. The van der Waals surface area contributed by atoms with E-state index in [0.29, 0.717) is 0 Å². The molecule has 1 aromatic heterocycles. The summed E-state index contributed by atoms with van der Waals surface area (Å²) in [6, 6.07) is 92.2. The first-order valence-corrected chi connectivity index (χ1v) is 21.3. The van der Waals surface area contributed by atoms with Crippen LogP contribution < -0.4 is 4.90 Å². The number of fused-ring (bicyclic) bond motifs is 3. The topological polar surface area (TPSA) is 8.17 Å². The van der Waals surface area contributed by atoms with E-state index in [-0.39, 0.29) is 0 Å². The molecule has 11 rings (SSSR count). The van der Waals surface area contributed by atoms with E-state index in [1.54, 1.807) is 0 Å². The van der Waals surface area contributed by atoms with Gasteiger partial charge in [-0.05, 0) is 75.3 Å². The van der Waals surface area contributed by atoms with Crippen molar-refractivity contribution in [3.63, 3.8) is 0 Å². The smallest absolute Gasteiger partial charge is 0.0619 e. The summed E-state index contributed by atoms with van der Waals surface area (Å²) in [5.74, 6) is 0. The Hall–Kier alpha value is -8.20. The van der Waals surface area contributed by atoms with Gasteiger partial charge in [-0.25, -0.2) is 0 Å². The lowest BCUT2D eigenvalue weighted by Gasteiger charge is -2.29. The molecule has 0 aliphatic heterocycles. The highest BCUT2D eigenvalue weighted by Gasteiger charge is 2.26. The summed E-state index contributed by atoms with van der Waals surface area (Å²) < 4.78 is 2.54. The van der Waals surface area contributed by atoms with Gasteiger partial charge in [0, 0.05) is 33.2 Å². The van der Waals surface area contributed by atoms with E-state index >= 15 is 0 Å². The zero-order valence-electron chi connectivity index (χ0n) is 34.1. The van der Waals surface area contributed by atoms with Crippen LogP contribution in [-0.4, -0.2) is 4.57 Å². The molecule has 0 saturated heterocycles. The van der Waals surface area contributed by atoms with Gasteiger partial charge < -0.3 is 9.47 Å². The Morgan fingerprint density at radius 1 is 0.258 bits per heavy atom. The average Bonchev–Trinajstić information content (AvgIpc) is 3.70. The van der Waals surface area contributed by atoms with Gasteiger partial charge in [0.25, 0.3) is 0 Å². The number of rotatable bonds is 9. The summed E-state index contributed by atoms with van der Waals surface area (Å²) in [4.78, 5) is 2.45. The molecule has 1 heterocycles. The normalized spacial score (nSPS) is 11.2. The molecule has 2 heteroatoms. The second-order valence-corrected chi connectivity index (χ2v) is 15.6. The Kier molecular flexibility index (Phi) is 9.57. The van der Waals surface area contributed by atoms with Crippen LogP contribution in [0.4, 0.5) is 17.1 Å². The quantitative estimate of drug-likeness (QED) is 0.141. The number of anilines is 3. The highest BCUT2D eigenvalue weighted by atomic mass is 15.2. The van der Waals surface area contributed by atoms with Crippen LogP contribution in [0.5, 0.6) is 0 Å². The molecule has 0 spiro atoms. The van der Waals surface area contributed by atoms with E-state index in [1.165, 1.54) is 55.3 Å². The number of hydrogen-bond acceptors (Lipinski definition) is 1. The monoisotopic (exact) mass is 790 g/mol. The van der Waals surface area contributed by atoms with Crippen LogP contribution in [0.25, 0.3) is 83.1 Å². The van der Waals surface area contributed by atoms with Gasteiger partial charge in [0.05, 0.1) is 28.1 Å². The Morgan fingerprint density at radius 3 is 1.23 bits per heavy atom. The second kappa shape index (κ2) is 16.1. The first kappa shape index (κ1) is 36.8. The maximum atomic E-state index is 2.54. The molecule has 11 aromatic rings. The van der Waals surface area contributed by atoms with Crippen molar-refractivity contribution in [3.8, 4) is 61.3 Å². The van der Waals surface area contributed by atoms with E-state index in [1.807, 2.05) is 0 Å². The number of nitrogens with zero attached hydrogens (tertiary/aromatic N) is 2. The molecule has 0 aliphatic rings. The zero-order valence-corrected chi connectivity index (χ0v) is 34.1. The minimum absolute atomic E-state index is 1.09. The zero-order chi connectivity index (χ0) is 41.2. The predicted octanol–water partition coefficient (Wildman–Crippen LogP) is 16.6. The molecule has 292 valence electrons. The summed E-state index contributed by atoms with van der Waals surface area (Å²) in [6.07, 6.45) is 0. The number of hydrogen-bond donors (Lipinski definition) is 0. The van der Waals surface area contributed by atoms with E-state index in [9.17, 15) is 0 Å². The van der Waals surface area contributed by atoms with E-state index in [2.05, 4.69) is 264 Å². The van der Waals surface area contributed by atoms with Crippen molar-refractivity contribution >= 4 is 38.9 Å². The van der Waals surface area contributed by atoms with Gasteiger partial charge in [0.15, 0.2) is 0 Å². The molecule has 10 aromatic carbocycles. The largest absolute Gasteiger partial charge is 0.309 e. The van der Waals surface area contributed by atoms with Gasteiger partial charge in [0.2, 0.25) is 0 Å². The molecule has 0 atom stereocenters. The Bertz CT molecular complexity index is 3230. The van der Waals surface area contributed by atoms with Crippen molar-refractivity contribution in [1.29, 1.82) is 0 Å². The third kappa shape index (κ3) is 6.46. The van der Waals surface area contributed by atoms with Crippen molar-refractivity contribution in [3.05, 3.63) is 255 Å². The average molecular weight is 791 g/mol. The van der Waals surface area contributed by atoms with Crippen LogP contribution in [-0.2, 0) is 0 Å². The van der Waals surface area contributed by atoms with Crippen LogP contribution in [0.1, 0.15) is 0 Å². The van der Waals surface area contributed by atoms with Gasteiger partial charge in [-0.1, -0.05) is 218 Å². The SMILES string of the molecule is c1ccc(-c2ccccc2-c2cccc(-c3ccccc3-c3ccccc3)c2-n2c3ccccc3c3c(N(c4ccccc4)c4ccccc4-c4ccccc4)cccc32)cc1. The van der Waals surface area contributed by atoms with Crippen LogP contribution in [0.2, 0.25) is 0 Å². The third-order valence-corrected chi connectivity index (χ3v) is 12.0. The molecule has 0 saturated carbocycles. The van der Waals surface area contributed by atoms with Gasteiger partial charge in [-0.15, -0.1) is 0 Å². The molecule has 0 radical (unpaired) electrons. The molecular weight excluding hydrogens is 749 g/mol. The van der Waals surface area contributed by atoms with Gasteiger partial charge >= 0.3 is 0 Å². The molecule has 0 amide bonds. The van der Waals surface area contributed by atoms with Crippen LogP contribution in [0.15, 0.2) is 255 Å². The molecule has 0 N–H and O–H groups in total. The maximum absolute atomic E-state index is 2.54. The van der Waals surface area contributed by atoms with Crippen LogP contribution in [0, 0.1) is 0 Å². The van der Waals surface area contributed by atoms with Crippen molar-refractivity contribution in [2.24, 2.45) is 0 Å². The summed E-state index contributed by atoms with van der Waals surface area (Å²) >= 11 is 0. The van der Waals surface area contributed by atoms with Crippen LogP contribution in [0.3, 0.4) is 0 Å². The van der Waals surface area contributed by atoms with E-state index < -0.39 is 0 Å². The van der Waals surface area contributed by atoms with Crippen LogP contribution >= 0.6 is 0 Å². The predicted molar refractivity (Wildman–Crippen MR) is 263 cm³/mol. The maximum Gasteiger partial charge on any atom is 0.0619 e. The Morgan fingerprint density at radius 2 is 0.645 bits per heavy atom. The molecule has 0 aliphatic carbocycles. The number of benzene rings is 10. The summed E-state index contributed by atoms with van der Waals surface area (Å²) in [5.41, 5.74) is 18.5. The highest BCUT2D eigenvalue weighted by Crippen LogP contribution is 2.49. The van der Waals surface area contributed by atoms with E-state index in [0.717, 1.165) is 44.9 Å². The summed E-state index contributed by atoms with van der Waals surface area (Å²) in [5, 5.41) is 2.37. The van der Waals surface area contributed by atoms with Crippen molar-refractivity contribution < 1.29 is 0 Å².